The van der Waals surface area contributed by atoms with Crippen LogP contribution in [0.2, 0.25) is 0 Å². The highest BCUT2D eigenvalue weighted by atomic mass is 32.2. The Bertz CT molecular complexity index is 1220. The van der Waals surface area contributed by atoms with E-state index < -0.39 is 0 Å². The van der Waals surface area contributed by atoms with Gasteiger partial charge in [0.1, 0.15) is 5.75 Å². The van der Waals surface area contributed by atoms with Crippen molar-refractivity contribution in [2.75, 3.05) is 12.9 Å². The third-order valence-corrected chi connectivity index (χ3v) is 6.16. The van der Waals surface area contributed by atoms with Gasteiger partial charge in [-0.2, -0.15) is 0 Å². The van der Waals surface area contributed by atoms with Crippen molar-refractivity contribution < 1.29 is 9.53 Å². The van der Waals surface area contributed by atoms with E-state index in [-0.39, 0.29) is 11.5 Å². The minimum atomic E-state index is 0.0589. The molecule has 0 fully saturated rings. The fourth-order valence-corrected chi connectivity index (χ4v) is 4.42. The molecule has 0 aliphatic rings. The second kappa shape index (κ2) is 9.22. The van der Waals surface area contributed by atoms with Crippen molar-refractivity contribution in [3.8, 4) is 17.1 Å². The number of carbonyl (C=O) groups excluding carboxylic acids is 1. The van der Waals surface area contributed by atoms with E-state index in [0.717, 1.165) is 34.5 Å². The molecule has 4 aromatic rings. The number of methoxy groups -OCH3 is 1. The Labute approximate surface area is 185 Å². The minimum absolute atomic E-state index is 0.0589. The standard InChI is InChI=1S/C24H24N4O2S/c1-4-13-28-23(17-9-11-18(30-3)12-10-17)26-27-24(28)31-15-21(29)20-14-25-22-16(5-2)7-6-8-19(20)22/h4,6-12,14,25H,1,5,13,15H2,2-3H3. The van der Waals surface area contributed by atoms with Crippen LogP contribution in [0, 0.1) is 0 Å². The van der Waals surface area contributed by atoms with Crippen molar-refractivity contribution >= 4 is 28.4 Å². The lowest BCUT2D eigenvalue weighted by molar-refractivity contribution is 0.102. The number of ketones is 1. The number of aromatic amines is 1. The number of para-hydroxylation sites is 1. The summed E-state index contributed by atoms with van der Waals surface area (Å²) in [4.78, 5) is 16.2. The molecule has 0 aliphatic heterocycles. The topological polar surface area (TPSA) is 72.8 Å². The molecule has 2 aromatic carbocycles. The molecule has 4 rings (SSSR count). The highest BCUT2D eigenvalue weighted by Gasteiger charge is 2.18. The van der Waals surface area contributed by atoms with Crippen LogP contribution in [-0.4, -0.2) is 38.4 Å². The molecule has 0 spiro atoms. The van der Waals surface area contributed by atoms with Gasteiger partial charge in [0.25, 0.3) is 0 Å². The lowest BCUT2D eigenvalue weighted by atomic mass is 10.1. The normalized spacial score (nSPS) is 11.0. The number of Topliss-reactive ketones (excluding diaryl/α,β-unsaturated/α-hetero) is 1. The SMILES string of the molecule is C=CCn1c(SCC(=O)c2c[nH]c3c(CC)cccc23)nnc1-c1ccc(OC)cc1. The molecular weight excluding hydrogens is 408 g/mol. The Hall–Kier alpha value is -3.32. The monoisotopic (exact) mass is 432 g/mol. The van der Waals surface area contributed by atoms with Crippen molar-refractivity contribution in [3.63, 3.8) is 0 Å². The number of benzene rings is 2. The number of thioether (sulfide) groups is 1. The molecule has 1 N–H and O–H groups in total. The van der Waals surface area contributed by atoms with E-state index in [0.29, 0.717) is 17.3 Å². The van der Waals surface area contributed by atoms with E-state index in [2.05, 4.69) is 34.8 Å². The molecule has 2 aromatic heterocycles. The van der Waals surface area contributed by atoms with Crippen LogP contribution >= 0.6 is 11.8 Å². The predicted octanol–water partition coefficient (Wildman–Crippen LogP) is 5.16. The van der Waals surface area contributed by atoms with Gasteiger partial charge in [0.05, 0.1) is 12.9 Å². The van der Waals surface area contributed by atoms with Crippen LogP contribution in [-0.2, 0) is 13.0 Å². The number of rotatable bonds is 9. The summed E-state index contributed by atoms with van der Waals surface area (Å²) in [6.45, 7) is 6.51. The molecule has 7 heteroatoms. The summed E-state index contributed by atoms with van der Waals surface area (Å²) in [5.41, 5.74) is 3.88. The second-order valence-corrected chi connectivity index (χ2v) is 7.98. The van der Waals surface area contributed by atoms with E-state index >= 15 is 0 Å². The highest BCUT2D eigenvalue weighted by Crippen LogP contribution is 2.28. The number of aromatic nitrogens is 4. The molecule has 0 unspecified atom stereocenters. The Kier molecular flexibility index (Phi) is 6.23. The summed E-state index contributed by atoms with van der Waals surface area (Å²) in [5, 5.41) is 10.4. The molecule has 31 heavy (non-hydrogen) atoms. The van der Waals surface area contributed by atoms with Gasteiger partial charge >= 0.3 is 0 Å². The molecule has 0 atom stereocenters. The number of nitrogens with zero attached hydrogens (tertiary/aromatic N) is 3. The zero-order valence-electron chi connectivity index (χ0n) is 17.6. The second-order valence-electron chi connectivity index (χ2n) is 7.04. The zero-order valence-corrected chi connectivity index (χ0v) is 18.4. The summed E-state index contributed by atoms with van der Waals surface area (Å²) in [6, 6.07) is 13.7. The van der Waals surface area contributed by atoms with Gasteiger partial charge in [0, 0.05) is 34.8 Å². The fraction of sp³-hybridized carbons (Fsp3) is 0.208. The molecule has 0 radical (unpaired) electrons. The van der Waals surface area contributed by atoms with Crippen molar-refractivity contribution in [1.29, 1.82) is 0 Å². The summed E-state index contributed by atoms with van der Waals surface area (Å²) < 4.78 is 7.20. The third-order valence-electron chi connectivity index (χ3n) is 5.19. The van der Waals surface area contributed by atoms with Gasteiger partial charge in [-0.3, -0.25) is 9.36 Å². The maximum Gasteiger partial charge on any atom is 0.192 e. The fourth-order valence-electron chi connectivity index (χ4n) is 3.59. The number of fused-ring (bicyclic) bond motifs is 1. The van der Waals surface area contributed by atoms with E-state index in [1.54, 1.807) is 13.2 Å². The van der Waals surface area contributed by atoms with Crippen molar-refractivity contribution in [1.82, 2.24) is 19.7 Å². The summed E-state index contributed by atoms with van der Waals surface area (Å²) in [5.74, 6) is 1.85. The summed E-state index contributed by atoms with van der Waals surface area (Å²) in [6.07, 6.45) is 4.53. The molecule has 6 nitrogen and oxygen atoms in total. The molecular formula is C24H24N4O2S. The van der Waals surface area contributed by atoms with Gasteiger partial charge in [-0.25, -0.2) is 0 Å². The Morgan fingerprint density at radius 2 is 2.03 bits per heavy atom. The highest BCUT2D eigenvalue weighted by molar-refractivity contribution is 7.99. The Balaban J connectivity index is 1.56. The number of H-pyrrole nitrogens is 1. The van der Waals surface area contributed by atoms with Crippen LogP contribution in [0.1, 0.15) is 22.8 Å². The Morgan fingerprint density at radius 1 is 1.23 bits per heavy atom. The average molecular weight is 433 g/mol. The van der Waals surface area contributed by atoms with Crippen LogP contribution in [0.5, 0.6) is 5.75 Å². The van der Waals surface area contributed by atoms with Crippen molar-refractivity contribution in [3.05, 3.63) is 72.4 Å². The number of allylic oxidation sites excluding steroid dienone is 1. The van der Waals surface area contributed by atoms with Gasteiger partial charge < -0.3 is 9.72 Å². The molecule has 0 amide bonds. The number of carbonyl (C=O) groups is 1. The van der Waals surface area contributed by atoms with E-state index in [1.165, 1.54) is 17.3 Å². The third kappa shape index (κ3) is 4.14. The van der Waals surface area contributed by atoms with Gasteiger partial charge in [0.2, 0.25) is 0 Å². The van der Waals surface area contributed by atoms with Crippen LogP contribution in [0.4, 0.5) is 0 Å². The first-order valence-corrected chi connectivity index (χ1v) is 11.1. The molecule has 0 bridgehead atoms. The summed E-state index contributed by atoms with van der Waals surface area (Å²) in [7, 11) is 1.64. The largest absolute Gasteiger partial charge is 0.497 e. The summed E-state index contributed by atoms with van der Waals surface area (Å²) >= 11 is 1.39. The number of hydrogen-bond donors (Lipinski definition) is 1. The van der Waals surface area contributed by atoms with E-state index in [4.69, 9.17) is 4.74 Å². The first-order chi connectivity index (χ1) is 15.2. The molecule has 0 saturated heterocycles. The molecule has 0 saturated carbocycles. The van der Waals surface area contributed by atoms with Crippen molar-refractivity contribution in [2.24, 2.45) is 0 Å². The minimum Gasteiger partial charge on any atom is -0.497 e. The predicted molar refractivity (Wildman–Crippen MR) is 125 cm³/mol. The lowest BCUT2D eigenvalue weighted by Crippen LogP contribution is -2.05. The number of aryl methyl sites for hydroxylation is 1. The number of ether oxygens (including phenoxy) is 1. The zero-order chi connectivity index (χ0) is 21.8. The number of hydrogen-bond acceptors (Lipinski definition) is 5. The molecule has 158 valence electrons. The van der Waals surface area contributed by atoms with Gasteiger partial charge in [-0.15, -0.1) is 16.8 Å². The Morgan fingerprint density at radius 3 is 2.74 bits per heavy atom. The van der Waals surface area contributed by atoms with Gasteiger partial charge in [0.15, 0.2) is 16.8 Å². The molecule has 0 aliphatic carbocycles. The van der Waals surface area contributed by atoms with Crippen LogP contribution < -0.4 is 4.74 Å². The van der Waals surface area contributed by atoms with Gasteiger partial charge in [-0.1, -0.05) is 43.0 Å². The van der Waals surface area contributed by atoms with Crippen LogP contribution in [0.25, 0.3) is 22.3 Å². The maximum absolute atomic E-state index is 13.0. The van der Waals surface area contributed by atoms with E-state index in [9.17, 15) is 4.79 Å². The lowest BCUT2D eigenvalue weighted by Gasteiger charge is -2.08. The van der Waals surface area contributed by atoms with Gasteiger partial charge in [-0.05, 0) is 36.2 Å². The maximum atomic E-state index is 13.0. The average Bonchev–Trinajstić information content (AvgIpc) is 3.42. The quantitative estimate of drug-likeness (QED) is 0.225. The number of nitrogens with one attached hydrogen (secondary N) is 1. The first-order valence-electron chi connectivity index (χ1n) is 10.1. The van der Waals surface area contributed by atoms with E-state index in [1.807, 2.05) is 47.2 Å². The smallest absolute Gasteiger partial charge is 0.192 e. The van der Waals surface area contributed by atoms with Crippen molar-refractivity contribution in [2.45, 2.75) is 25.0 Å². The first kappa shape index (κ1) is 20.9. The van der Waals surface area contributed by atoms with Crippen LogP contribution in [0.3, 0.4) is 0 Å². The molecule has 2 heterocycles. The van der Waals surface area contributed by atoms with Crippen LogP contribution in [0.15, 0.2) is 66.5 Å².